The Morgan fingerprint density at radius 1 is 0.269 bits per heavy atom. The van der Waals surface area contributed by atoms with Gasteiger partial charge in [-0.05, 0) is 31.6 Å². The summed E-state index contributed by atoms with van der Waals surface area (Å²) < 4.78 is 68.9. The summed E-state index contributed by atoms with van der Waals surface area (Å²) in [4.78, 5) is 73.2. The molecule has 3 unspecified atom stereocenters. The number of hydrogen-bond donors (Lipinski definition) is 3. The van der Waals surface area contributed by atoms with Gasteiger partial charge in [-0.15, -0.1) is 0 Å². The number of phosphoric ester groups is 2. The molecule has 0 aliphatic carbocycles. The van der Waals surface area contributed by atoms with E-state index in [4.69, 9.17) is 37.0 Å². The van der Waals surface area contributed by atoms with Crippen LogP contribution in [0.15, 0.2) is 0 Å². The number of carbonyl (C=O) groups is 4. The first-order chi connectivity index (χ1) is 50.6. The van der Waals surface area contributed by atoms with E-state index >= 15 is 0 Å². The van der Waals surface area contributed by atoms with Crippen molar-refractivity contribution in [3.05, 3.63) is 0 Å². The van der Waals surface area contributed by atoms with E-state index in [1.165, 1.54) is 283 Å². The summed E-state index contributed by atoms with van der Waals surface area (Å²) in [5.41, 5.74) is 0. The molecule has 0 radical (unpaired) electrons. The van der Waals surface area contributed by atoms with Crippen LogP contribution in [0.5, 0.6) is 0 Å². The second-order valence-corrected chi connectivity index (χ2v) is 33.7. The van der Waals surface area contributed by atoms with Crippen molar-refractivity contribution >= 4 is 39.5 Å². The minimum Gasteiger partial charge on any atom is -0.462 e. The Balaban J connectivity index is 5.25. The summed E-state index contributed by atoms with van der Waals surface area (Å²) in [6.45, 7) is 7.38. The van der Waals surface area contributed by atoms with Gasteiger partial charge in [0.05, 0.1) is 26.4 Å². The van der Waals surface area contributed by atoms with Crippen molar-refractivity contribution in [2.75, 3.05) is 39.6 Å². The van der Waals surface area contributed by atoms with Gasteiger partial charge in [0.25, 0.3) is 0 Å². The zero-order chi connectivity index (χ0) is 76.2. The summed E-state index contributed by atoms with van der Waals surface area (Å²) in [5, 5.41) is 10.7. The molecule has 0 aliphatic heterocycles. The van der Waals surface area contributed by atoms with Crippen molar-refractivity contribution in [3.63, 3.8) is 0 Å². The number of phosphoric acid groups is 2. The molecule has 0 saturated carbocycles. The van der Waals surface area contributed by atoms with E-state index in [1.807, 2.05) is 0 Å². The molecule has 0 fully saturated rings. The van der Waals surface area contributed by atoms with E-state index in [2.05, 4.69) is 34.6 Å². The van der Waals surface area contributed by atoms with Crippen LogP contribution in [-0.4, -0.2) is 96.7 Å². The summed E-state index contributed by atoms with van der Waals surface area (Å²) in [7, 11) is -9.93. The van der Waals surface area contributed by atoms with Gasteiger partial charge in [-0.1, -0.05) is 407 Å². The maximum atomic E-state index is 13.1. The summed E-state index contributed by atoms with van der Waals surface area (Å²) >= 11 is 0. The highest BCUT2D eigenvalue weighted by Gasteiger charge is 2.30. The molecule has 104 heavy (non-hydrogen) atoms. The van der Waals surface area contributed by atoms with E-state index < -0.39 is 97.5 Å². The van der Waals surface area contributed by atoms with Crippen molar-refractivity contribution < 1.29 is 80.2 Å². The lowest BCUT2D eigenvalue weighted by Gasteiger charge is -2.21. The van der Waals surface area contributed by atoms with Crippen LogP contribution < -0.4 is 0 Å². The van der Waals surface area contributed by atoms with Gasteiger partial charge in [-0.3, -0.25) is 37.3 Å². The van der Waals surface area contributed by atoms with Crippen molar-refractivity contribution in [1.29, 1.82) is 0 Å². The smallest absolute Gasteiger partial charge is 0.462 e. The lowest BCUT2D eigenvalue weighted by atomic mass is 9.99. The highest BCUT2D eigenvalue weighted by atomic mass is 31.2. The quantitative estimate of drug-likeness (QED) is 0.0222. The van der Waals surface area contributed by atoms with Crippen molar-refractivity contribution in [1.82, 2.24) is 0 Å². The van der Waals surface area contributed by atoms with Gasteiger partial charge in [0, 0.05) is 25.7 Å². The van der Waals surface area contributed by atoms with Gasteiger partial charge in [0.2, 0.25) is 0 Å². The number of aliphatic hydroxyl groups is 1. The Bertz CT molecular complexity index is 1980. The third-order valence-electron chi connectivity index (χ3n) is 20.4. The van der Waals surface area contributed by atoms with Crippen molar-refractivity contribution in [3.8, 4) is 0 Å². The summed E-state index contributed by atoms with van der Waals surface area (Å²) in [6, 6.07) is 0. The van der Waals surface area contributed by atoms with Crippen LogP contribution in [-0.2, 0) is 65.4 Å². The molecule has 0 spiro atoms. The van der Waals surface area contributed by atoms with E-state index in [0.717, 1.165) is 95.8 Å². The number of aliphatic hydroxyl groups excluding tert-OH is 1. The molecule has 0 bridgehead atoms. The van der Waals surface area contributed by atoms with Crippen molar-refractivity contribution in [2.24, 2.45) is 5.92 Å². The number of carbonyl (C=O) groups excluding carboxylic acids is 4. The minimum absolute atomic E-state index is 0.107. The van der Waals surface area contributed by atoms with Crippen LogP contribution >= 0.6 is 15.6 Å². The van der Waals surface area contributed by atoms with Crippen LogP contribution in [0.4, 0.5) is 0 Å². The minimum atomic E-state index is -4.96. The number of esters is 4. The maximum absolute atomic E-state index is 13.1. The number of unbranched alkanes of at least 4 members (excludes halogenated alkanes) is 56. The van der Waals surface area contributed by atoms with Crippen LogP contribution in [0.2, 0.25) is 0 Å². The van der Waals surface area contributed by atoms with E-state index in [0.29, 0.717) is 25.7 Å². The first kappa shape index (κ1) is 102. The normalized spacial score (nSPS) is 14.0. The Morgan fingerprint density at radius 3 is 0.683 bits per heavy atom. The molecule has 0 rings (SSSR count). The standard InChI is InChI=1S/C85H166O17P2/c1-6-10-13-16-19-22-25-28-30-32-34-36-38-40-43-49-54-59-64-69-83(88)96-74-80(101-84(89)70-65-60-55-50-44-41-39-37-35-33-31-29-26-23-20-17-14-11-7-2)76-99-103(91,92)97-72-79(86)73-98-104(93,94)100-77-81(75-95-82(87)68-63-58-53-48-42-27-24-21-18-15-12-8-3)102-85(90)71-66-61-56-51-46-45-47-52-57-62-67-78(5)9-4/h78-81,86H,6-77H2,1-5H3,(H,91,92)(H,93,94)/t78?,79-,80-,81-/m1/s1. The predicted molar refractivity (Wildman–Crippen MR) is 428 cm³/mol. The first-order valence-corrected chi connectivity index (χ1v) is 47.2. The third kappa shape index (κ3) is 76.8. The molecule has 0 amide bonds. The molecule has 19 heteroatoms. The second kappa shape index (κ2) is 77.8. The molecule has 0 saturated heterocycles. The predicted octanol–water partition coefficient (Wildman–Crippen LogP) is 26.0. The zero-order valence-electron chi connectivity index (χ0n) is 68.2. The number of hydrogen-bond acceptors (Lipinski definition) is 15. The van der Waals surface area contributed by atoms with Gasteiger partial charge >= 0.3 is 39.5 Å². The average molecular weight is 1520 g/mol. The van der Waals surface area contributed by atoms with Gasteiger partial charge in [0.15, 0.2) is 12.2 Å². The van der Waals surface area contributed by atoms with E-state index in [9.17, 15) is 43.2 Å². The highest BCUT2D eigenvalue weighted by molar-refractivity contribution is 7.47. The Morgan fingerprint density at radius 2 is 0.462 bits per heavy atom. The average Bonchev–Trinajstić information content (AvgIpc) is 0.912. The molecule has 0 aliphatic rings. The van der Waals surface area contributed by atoms with Gasteiger partial charge in [-0.25, -0.2) is 9.13 Å². The highest BCUT2D eigenvalue weighted by Crippen LogP contribution is 2.45. The molecule has 17 nitrogen and oxygen atoms in total. The van der Waals surface area contributed by atoms with Gasteiger partial charge < -0.3 is 33.8 Å². The fraction of sp³-hybridized carbons (Fsp3) is 0.953. The molecular formula is C85H166O17P2. The maximum Gasteiger partial charge on any atom is 0.472 e. The first-order valence-electron chi connectivity index (χ1n) is 44.2. The Labute approximate surface area is 638 Å². The fourth-order valence-corrected chi connectivity index (χ4v) is 14.8. The molecule has 0 heterocycles. The van der Waals surface area contributed by atoms with Crippen LogP contribution in [0.1, 0.15) is 458 Å². The van der Waals surface area contributed by atoms with E-state index in [1.54, 1.807) is 0 Å². The molecule has 618 valence electrons. The molecule has 3 N–H and O–H groups in total. The molecule has 6 atom stereocenters. The lowest BCUT2D eigenvalue weighted by molar-refractivity contribution is -0.161. The molecule has 0 aromatic heterocycles. The molecular weight excluding hydrogens is 1350 g/mol. The topological polar surface area (TPSA) is 237 Å². The number of rotatable bonds is 85. The third-order valence-corrected chi connectivity index (χ3v) is 22.3. The van der Waals surface area contributed by atoms with Crippen LogP contribution in [0.25, 0.3) is 0 Å². The van der Waals surface area contributed by atoms with Gasteiger partial charge in [0.1, 0.15) is 19.3 Å². The van der Waals surface area contributed by atoms with Crippen LogP contribution in [0, 0.1) is 5.92 Å². The van der Waals surface area contributed by atoms with Gasteiger partial charge in [-0.2, -0.15) is 0 Å². The monoisotopic (exact) mass is 1520 g/mol. The second-order valence-electron chi connectivity index (χ2n) is 30.8. The largest absolute Gasteiger partial charge is 0.472 e. The Kier molecular flexibility index (Phi) is 76.3. The molecule has 0 aromatic carbocycles. The molecule has 0 aromatic rings. The number of ether oxygens (including phenoxy) is 4. The Hall–Kier alpha value is -1.94. The van der Waals surface area contributed by atoms with Crippen LogP contribution in [0.3, 0.4) is 0 Å². The van der Waals surface area contributed by atoms with Crippen molar-refractivity contribution in [2.45, 2.75) is 477 Å². The summed E-state index contributed by atoms with van der Waals surface area (Å²) in [6.07, 6.45) is 70.7. The lowest BCUT2D eigenvalue weighted by Crippen LogP contribution is -2.30. The summed E-state index contributed by atoms with van der Waals surface area (Å²) in [5.74, 6) is -1.30. The SMILES string of the molecule is CCCCCCCCCCCCCCCCCCCCCC(=O)OC[C@H](COP(=O)(O)OC[C@@H](O)COP(=O)(O)OC[C@@H](COC(=O)CCCCCCCCCCCCCC)OC(=O)CCCCCCCCCCCCC(C)CC)OC(=O)CCCCCCCCCCCCCCCCCCCCC. The van der Waals surface area contributed by atoms with E-state index in [-0.39, 0.29) is 25.7 Å². The fourth-order valence-electron chi connectivity index (χ4n) is 13.3. The zero-order valence-corrected chi connectivity index (χ0v) is 70.0.